The number of nitrogens with one attached hydrogen (secondary N) is 2. The van der Waals surface area contributed by atoms with E-state index in [0.29, 0.717) is 5.76 Å². The summed E-state index contributed by atoms with van der Waals surface area (Å²) in [6.45, 7) is 1.70. The first-order chi connectivity index (χ1) is 7.59. The Kier molecular flexibility index (Phi) is 2.80. The zero-order valence-corrected chi connectivity index (χ0v) is 9.36. The highest BCUT2D eigenvalue weighted by Crippen LogP contribution is 2.15. The maximum absolute atomic E-state index is 11.8. The minimum Gasteiger partial charge on any atom is -0.468 e. The lowest BCUT2D eigenvalue weighted by Gasteiger charge is -2.10. The summed E-state index contributed by atoms with van der Waals surface area (Å²) >= 11 is 0. The van der Waals surface area contributed by atoms with Crippen LogP contribution in [0.25, 0.3) is 0 Å². The van der Waals surface area contributed by atoms with Crippen LogP contribution in [-0.4, -0.2) is 18.6 Å². The molecule has 2 aromatic rings. The molecule has 0 amide bonds. The molecule has 2 N–H and O–H groups in total. The molecule has 0 aromatic carbocycles. The van der Waals surface area contributed by atoms with Gasteiger partial charge in [0.25, 0.3) is 10.0 Å². The number of sulfonamides is 1. The fourth-order valence-corrected chi connectivity index (χ4v) is 2.41. The van der Waals surface area contributed by atoms with Gasteiger partial charge in [0, 0.05) is 0 Å². The van der Waals surface area contributed by atoms with Gasteiger partial charge < -0.3 is 4.42 Å². The van der Waals surface area contributed by atoms with Crippen LogP contribution in [0.4, 0.5) is 0 Å². The molecule has 0 aliphatic carbocycles. The van der Waals surface area contributed by atoms with Crippen LogP contribution < -0.4 is 4.72 Å². The van der Waals surface area contributed by atoms with E-state index in [1.807, 2.05) is 0 Å². The maximum Gasteiger partial charge on any atom is 0.258 e. The minimum atomic E-state index is -3.57. The molecule has 0 fully saturated rings. The summed E-state index contributed by atoms with van der Waals surface area (Å²) in [4.78, 5) is 0. The van der Waals surface area contributed by atoms with Crippen molar-refractivity contribution < 1.29 is 12.8 Å². The number of furan rings is 1. The van der Waals surface area contributed by atoms with Crippen LogP contribution >= 0.6 is 0 Å². The number of nitrogens with zero attached hydrogens (tertiary/aromatic N) is 1. The van der Waals surface area contributed by atoms with Crippen LogP contribution in [0.1, 0.15) is 18.7 Å². The van der Waals surface area contributed by atoms with E-state index in [0.717, 1.165) is 0 Å². The highest BCUT2D eigenvalue weighted by molar-refractivity contribution is 7.89. The minimum absolute atomic E-state index is 0.0332. The maximum atomic E-state index is 11.8. The van der Waals surface area contributed by atoms with Gasteiger partial charge in [0.15, 0.2) is 5.03 Å². The number of H-pyrrole nitrogens is 1. The normalized spacial score (nSPS) is 13.8. The van der Waals surface area contributed by atoms with E-state index in [9.17, 15) is 8.42 Å². The van der Waals surface area contributed by atoms with Crippen molar-refractivity contribution in [3.63, 3.8) is 0 Å². The monoisotopic (exact) mass is 241 g/mol. The van der Waals surface area contributed by atoms with Crippen LogP contribution in [0.15, 0.2) is 40.1 Å². The summed E-state index contributed by atoms with van der Waals surface area (Å²) in [5.41, 5.74) is 0. The molecule has 0 bridgehead atoms. The van der Waals surface area contributed by atoms with Gasteiger partial charge in [-0.2, -0.15) is 9.82 Å². The molecule has 0 saturated heterocycles. The summed E-state index contributed by atoms with van der Waals surface area (Å²) in [7, 11) is -3.57. The predicted molar refractivity (Wildman–Crippen MR) is 56.0 cm³/mol. The zero-order chi connectivity index (χ0) is 11.6. The summed E-state index contributed by atoms with van der Waals surface area (Å²) < 4.78 is 31.1. The Bertz CT molecular complexity index is 531. The van der Waals surface area contributed by atoms with E-state index in [-0.39, 0.29) is 5.03 Å². The van der Waals surface area contributed by atoms with Crippen LogP contribution in [0.3, 0.4) is 0 Å². The molecule has 1 atom stereocenters. The second-order valence-corrected chi connectivity index (χ2v) is 4.96. The quantitative estimate of drug-likeness (QED) is 0.837. The van der Waals surface area contributed by atoms with E-state index >= 15 is 0 Å². The molecule has 0 aliphatic heterocycles. The topological polar surface area (TPSA) is 88.0 Å². The molecule has 2 aromatic heterocycles. The molecular weight excluding hydrogens is 230 g/mol. The van der Waals surface area contributed by atoms with Gasteiger partial charge in [-0.1, -0.05) is 0 Å². The van der Waals surface area contributed by atoms with Gasteiger partial charge in [0.1, 0.15) is 5.76 Å². The summed E-state index contributed by atoms with van der Waals surface area (Å²) in [5.74, 6) is 0.558. The smallest absolute Gasteiger partial charge is 0.258 e. The Labute approximate surface area is 92.7 Å². The summed E-state index contributed by atoms with van der Waals surface area (Å²) in [5, 5.41) is 6.02. The van der Waals surface area contributed by atoms with Crippen LogP contribution in [0, 0.1) is 0 Å². The Morgan fingerprint density at radius 2 is 2.31 bits per heavy atom. The van der Waals surface area contributed by atoms with Gasteiger partial charge in [0.05, 0.1) is 18.5 Å². The SMILES string of the molecule is CC(NS(=O)(=O)c1ccn[nH]1)c1ccco1. The number of hydrogen-bond donors (Lipinski definition) is 2. The van der Waals surface area contributed by atoms with E-state index in [1.54, 1.807) is 19.1 Å². The molecule has 1 unspecified atom stereocenters. The van der Waals surface area contributed by atoms with Crippen molar-refractivity contribution in [1.82, 2.24) is 14.9 Å². The van der Waals surface area contributed by atoms with Crippen molar-refractivity contribution in [1.29, 1.82) is 0 Å². The standard InChI is InChI=1S/C9H11N3O3S/c1-7(8-3-2-6-15-8)12-16(13,14)9-4-5-10-11-9/h2-7,12H,1H3,(H,10,11). The Morgan fingerprint density at radius 3 is 2.88 bits per heavy atom. The second kappa shape index (κ2) is 4.11. The molecule has 0 radical (unpaired) electrons. The fourth-order valence-electron chi connectivity index (χ4n) is 1.28. The van der Waals surface area contributed by atoms with Crippen molar-refractivity contribution in [2.45, 2.75) is 18.0 Å². The Balaban J connectivity index is 2.16. The molecule has 86 valence electrons. The summed E-state index contributed by atoms with van der Waals surface area (Å²) in [6.07, 6.45) is 2.88. The van der Waals surface area contributed by atoms with Crippen molar-refractivity contribution in [2.24, 2.45) is 0 Å². The van der Waals surface area contributed by atoms with Crippen LogP contribution in [0.2, 0.25) is 0 Å². The van der Waals surface area contributed by atoms with Gasteiger partial charge in [-0.25, -0.2) is 8.42 Å². The van der Waals surface area contributed by atoms with Crippen molar-refractivity contribution in [3.8, 4) is 0 Å². The molecule has 2 rings (SSSR count). The number of hydrogen-bond acceptors (Lipinski definition) is 4. The molecule has 16 heavy (non-hydrogen) atoms. The molecule has 0 aliphatic rings. The third-order valence-electron chi connectivity index (χ3n) is 2.07. The Hall–Kier alpha value is -1.60. The first-order valence-electron chi connectivity index (χ1n) is 4.65. The average molecular weight is 241 g/mol. The number of aromatic nitrogens is 2. The zero-order valence-electron chi connectivity index (χ0n) is 8.54. The molecule has 0 spiro atoms. The number of rotatable bonds is 4. The van der Waals surface area contributed by atoms with Gasteiger partial charge >= 0.3 is 0 Å². The van der Waals surface area contributed by atoms with E-state index < -0.39 is 16.1 Å². The first kappa shape index (κ1) is 10.9. The van der Waals surface area contributed by atoms with E-state index in [1.165, 1.54) is 18.5 Å². The van der Waals surface area contributed by atoms with Crippen LogP contribution in [-0.2, 0) is 10.0 Å². The lowest BCUT2D eigenvalue weighted by molar-refractivity contribution is 0.459. The number of aromatic amines is 1. The van der Waals surface area contributed by atoms with E-state index in [2.05, 4.69) is 14.9 Å². The Morgan fingerprint density at radius 1 is 1.50 bits per heavy atom. The highest BCUT2D eigenvalue weighted by atomic mass is 32.2. The molecule has 0 saturated carbocycles. The lowest BCUT2D eigenvalue weighted by Crippen LogP contribution is -2.26. The van der Waals surface area contributed by atoms with Crippen LogP contribution in [0.5, 0.6) is 0 Å². The van der Waals surface area contributed by atoms with Crippen molar-refractivity contribution in [3.05, 3.63) is 36.4 Å². The summed E-state index contributed by atoms with van der Waals surface area (Å²) in [6, 6.07) is 4.37. The molecule has 7 heteroatoms. The second-order valence-electron chi connectivity index (χ2n) is 3.28. The van der Waals surface area contributed by atoms with Crippen molar-refractivity contribution in [2.75, 3.05) is 0 Å². The molecule has 6 nitrogen and oxygen atoms in total. The van der Waals surface area contributed by atoms with E-state index in [4.69, 9.17) is 4.42 Å². The molecular formula is C9H11N3O3S. The van der Waals surface area contributed by atoms with Gasteiger partial charge in [-0.3, -0.25) is 5.10 Å². The van der Waals surface area contributed by atoms with Gasteiger partial charge in [-0.15, -0.1) is 0 Å². The third-order valence-corrected chi connectivity index (χ3v) is 3.54. The first-order valence-corrected chi connectivity index (χ1v) is 6.13. The molecule has 2 heterocycles. The average Bonchev–Trinajstić information content (AvgIpc) is 2.91. The largest absolute Gasteiger partial charge is 0.468 e. The predicted octanol–water partition coefficient (Wildman–Crippen LogP) is 1.04. The van der Waals surface area contributed by atoms with Gasteiger partial charge in [0.2, 0.25) is 0 Å². The lowest BCUT2D eigenvalue weighted by atomic mass is 10.3. The van der Waals surface area contributed by atoms with Crippen molar-refractivity contribution >= 4 is 10.0 Å². The third kappa shape index (κ3) is 2.15. The highest BCUT2D eigenvalue weighted by Gasteiger charge is 2.20. The fraction of sp³-hybridized carbons (Fsp3) is 0.222. The van der Waals surface area contributed by atoms with Gasteiger partial charge in [-0.05, 0) is 25.1 Å².